The van der Waals surface area contributed by atoms with Crippen LogP contribution in [-0.2, 0) is 0 Å². The van der Waals surface area contributed by atoms with Crippen molar-refractivity contribution in [3.8, 4) is 11.1 Å². The van der Waals surface area contributed by atoms with Gasteiger partial charge in [-0.2, -0.15) is 0 Å². The maximum absolute atomic E-state index is 4.37. The van der Waals surface area contributed by atoms with Crippen molar-refractivity contribution in [1.29, 1.82) is 0 Å². The number of benzene rings is 3. The van der Waals surface area contributed by atoms with Gasteiger partial charge in [-0.15, -0.1) is 0 Å². The molecule has 4 radical (unpaired) electrons. The van der Waals surface area contributed by atoms with Crippen LogP contribution in [0.25, 0.3) is 32.9 Å². The highest BCUT2D eigenvalue weighted by atomic mass is 28.1. The van der Waals surface area contributed by atoms with Crippen molar-refractivity contribution < 1.29 is 0 Å². The van der Waals surface area contributed by atoms with E-state index < -0.39 is 0 Å². The summed E-state index contributed by atoms with van der Waals surface area (Å²) in [6.45, 7) is 0. The molecule has 0 aliphatic carbocycles. The lowest BCUT2D eigenvalue weighted by atomic mass is 10.1. The van der Waals surface area contributed by atoms with Crippen LogP contribution in [-0.4, -0.2) is 25.9 Å². The molecule has 3 aromatic heterocycles. The van der Waals surface area contributed by atoms with Crippen molar-refractivity contribution in [2.24, 2.45) is 0 Å². The monoisotopic (exact) mass is 441 g/mol. The van der Waals surface area contributed by atoms with Crippen LogP contribution in [0.4, 0.5) is 0 Å². The minimum absolute atomic E-state index is 0. The van der Waals surface area contributed by atoms with Crippen LogP contribution < -0.4 is 0 Å². The van der Waals surface area contributed by atoms with Gasteiger partial charge in [0.25, 0.3) is 0 Å². The van der Waals surface area contributed by atoms with E-state index >= 15 is 0 Å². The third kappa shape index (κ3) is 6.66. The maximum Gasteiger partial charge on any atom is 0.0795 e. The number of nitrogens with zero attached hydrogens (tertiary/aromatic N) is 3. The van der Waals surface area contributed by atoms with Crippen molar-refractivity contribution >= 4 is 32.8 Å². The van der Waals surface area contributed by atoms with E-state index in [2.05, 4.69) is 81.7 Å². The van der Waals surface area contributed by atoms with E-state index in [1.54, 1.807) is 18.6 Å². The van der Waals surface area contributed by atoms with Crippen LogP contribution in [0, 0.1) is 0 Å². The molecule has 0 fully saturated rings. The van der Waals surface area contributed by atoms with Crippen LogP contribution in [0.2, 0.25) is 0 Å². The SMILES string of the molecule is [Si].c1ccc(-c2ccccc2)cc1.c1ccncc1.c1cnc2c(c1)ccc1ncccc12. The highest BCUT2D eigenvalue weighted by Gasteiger charge is 1.99. The minimum atomic E-state index is 0. The zero-order valence-electron chi connectivity index (χ0n) is 18.1. The first-order valence-electron chi connectivity index (χ1n) is 10.5. The molecule has 0 amide bonds. The Balaban J connectivity index is 0.000000147. The second-order valence-electron chi connectivity index (χ2n) is 6.97. The zero-order chi connectivity index (χ0) is 21.8. The Labute approximate surface area is 198 Å². The molecule has 3 aromatic carbocycles. The highest BCUT2D eigenvalue weighted by molar-refractivity contribution is 6.03. The predicted molar refractivity (Wildman–Crippen MR) is 139 cm³/mol. The molecule has 6 rings (SSSR count). The van der Waals surface area contributed by atoms with Gasteiger partial charge in [0.15, 0.2) is 0 Å². The lowest BCUT2D eigenvalue weighted by molar-refractivity contribution is 1.33. The lowest BCUT2D eigenvalue weighted by Crippen LogP contribution is -1.82. The Hall–Kier alpha value is -4.15. The minimum Gasteiger partial charge on any atom is -0.265 e. The van der Waals surface area contributed by atoms with Gasteiger partial charge in [0.1, 0.15) is 0 Å². The van der Waals surface area contributed by atoms with Crippen LogP contribution >= 0.6 is 0 Å². The molecule has 0 bridgehead atoms. The Bertz CT molecular complexity index is 1240. The number of rotatable bonds is 1. The topological polar surface area (TPSA) is 38.7 Å². The number of aromatic nitrogens is 3. The summed E-state index contributed by atoms with van der Waals surface area (Å²) in [6.07, 6.45) is 7.12. The van der Waals surface area contributed by atoms with Gasteiger partial charge in [0.05, 0.1) is 11.0 Å². The third-order valence-electron chi connectivity index (χ3n) is 4.80. The van der Waals surface area contributed by atoms with E-state index in [0.717, 1.165) is 21.8 Å². The van der Waals surface area contributed by atoms with Gasteiger partial charge >= 0.3 is 0 Å². The van der Waals surface area contributed by atoms with Crippen molar-refractivity contribution in [2.75, 3.05) is 0 Å². The second kappa shape index (κ2) is 12.6. The van der Waals surface area contributed by atoms with Gasteiger partial charge in [0, 0.05) is 46.5 Å². The van der Waals surface area contributed by atoms with Crippen LogP contribution in [0.5, 0.6) is 0 Å². The Kier molecular flexibility index (Phi) is 9.01. The summed E-state index contributed by atoms with van der Waals surface area (Å²) in [6, 6.07) is 38.6. The van der Waals surface area contributed by atoms with Gasteiger partial charge < -0.3 is 0 Å². The fraction of sp³-hybridized carbons (Fsp3) is 0. The van der Waals surface area contributed by atoms with Crippen LogP contribution in [0.3, 0.4) is 0 Å². The van der Waals surface area contributed by atoms with Gasteiger partial charge in [-0.05, 0) is 47.5 Å². The van der Waals surface area contributed by atoms with E-state index in [1.807, 2.05) is 54.7 Å². The third-order valence-corrected chi connectivity index (χ3v) is 4.80. The van der Waals surface area contributed by atoms with E-state index in [9.17, 15) is 0 Å². The summed E-state index contributed by atoms with van der Waals surface area (Å²) in [5, 5.41) is 2.28. The summed E-state index contributed by atoms with van der Waals surface area (Å²) in [5.74, 6) is 0. The maximum atomic E-state index is 4.37. The van der Waals surface area contributed by atoms with Gasteiger partial charge in [0.2, 0.25) is 0 Å². The molecule has 0 aliphatic rings. The molecule has 158 valence electrons. The van der Waals surface area contributed by atoms with E-state index in [0.29, 0.717) is 0 Å². The molecular formula is C29H23N3Si. The molecule has 0 saturated heterocycles. The Morgan fingerprint density at radius 2 is 1.00 bits per heavy atom. The summed E-state index contributed by atoms with van der Waals surface area (Å²) in [5.41, 5.74) is 4.58. The molecule has 0 saturated carbocycles. The molecule has 6 aromatic rings. The first-order valence-corrected chi connectivity index (χ1v) is 10.5. The fourth-order valence-corrected chi connectivity index (χ4v) is 3.27. The second-order valence-corrected chi connectivity index (χ2v) is 6.97. The number of hydrogen-bond acceptors (Lipinski definition) is 3. The quantitative estimate of drug-likeness (QED) is 0.207. The van der Waals surface area contributed by atoms with Gasteiger partial charge in [-0.3, -0.25) is 15.0 Å². The Morgan fingerprint density at radius 3 is 1.58 bits per heavy atom. The summed E-state index contributed by atoms with van der Waals surface area (Å²) in [4.78, 5) is 12.4. The first-order chi connectivity index (χ1) is 15.9. The predicted octanol–water partition coefficient (Wildman–Crippen LogP) is 6.84. The molecule has 0 spiro atoms. The summed E-state index contributed by atoms with van der Waals surface area (Å²) >= 11 is 0. The zero-order valence-corrected chi connectivity index (χ0v) is 19.1. The van der Waals surface area contributed by atoms with Crippen LogP contribution in [0.1, 0.15) is 0 Å². The number of hydrogen-bond donors (Lipinski definition) is 0. The van der Waals surface area contributed by atoms with Gasteiger partial charge in [-0.25, -0.2) is 0 Å². The summed E-state index contributed by atoms with van der Waals surface area (Å²) < 4.78 is 0. The molecule has 0 atom stereocenters. The number of pyridine rings is 3. The van der Waals surface area contributed by atoms with Crippen molar-refractivity contribution in [3.63, 3.8) is 0 Å². The molecule has 3 heterocycles. The first kappa shape index (κ1) is 23.5. The van der Waals surface area contributed by atoms with Crippen molar-refractivity contribution in [3.05, 3.63) is 140 Å². The normalized spacial score (nSPS) is 9.58. The Morgan fingerprint density at radius 1 is 0.424 bits per heavy atom. The standard InChI is InChI=1S/C12H8N2.C12H10.C5H5N.Si/c1-3-9-5-6-11-10(4-2-7-13-11)12(9)14-8-1;1-3-7-11(8-4-1)12-9-5-2-6-10-12;1-2-4-6-5-3-1;/h1-8H;1-10H;1-5H;. The van der Waals surface area contributed by atoms with Crippen molar-refractivity contribution in [2.45, 2.75) is 0 Å². The molecule has 3 nitrogen and oxygen atoms in total. The van der Waals surface area contributed by atoms with Crippen molar-refractivity contribution in [1.82, 2.24) is 15.0 Å². The van der Waals surface area contributed by atoms with Crippen LogP contribution in [0.15, 0.2) is 140 Å². The lowest BCUT2D eigenvalue weighted by Gasteiger charge is -2.00. The fourth-order valence-electron chi connectivity index (χ4n) is 3.27. The largest absolute Gasteiger partial charge is 0.265 e. The molecule has 0 unspecified atom stereocenters. The molecule has 0 aliphatic heterocycles. The van der Waals surface area contributed by atoms with Gasteiger partial charge in [-0.1, -0.05) is 78.9 Å². The molecule has 4 heteroatoms. The van der Waals surface area contributed by atoms with E-state index in [-0.39, 0.29) is 11.0 Å². The van der Waals surface area contributed by atoms with E-state index in [4.69, 9.17) is 0 Å². The highest BCUT2D eigenvalue weighted by Crippen LogP contribution is 2.21. The molecular weight excluding hydrogens is 418 g/mol. The smallest absolute Gasteiger partial charge is 0.0795 e. The average molecular weight is 442 g/mol. The summed E-state index contributed by atoms with van der Waals surface area (Å²) in [7, 11) is 0. The van der Waals surface area contributed by atoms with E-state index in [1.165, 1.54) is 11.1 Å². The average Bonchev–Trinajstić information content (AvgIpc) is 2.91. The number of fused-ring (bicyclic) bond motifs is 3. The molecule has 33 heavy (non-hydrogen) atoms. The molecule has 0 N–H and O–H groups in total.